The van der Waals surface area contributed by atoms with E-state index in [2.05, 4.69) is 0 Å². The second kappa shape index (κ2) is 8.13. The number of hydrogen-bond donors (Lipinski definition) is 1. The fourth-order valence-electron chi connectivity index (χ4n) is 3.49. The van der Waals surface area contributed by atoms with Gasteiger partial charge in [-0.2, -0.15) is 0 Å². The minimum absolute atomic E-state index is 0.0565. The molecule has 1 heterocycles. The molecule has 0 bridgehead atoms. The normalized spacial score (nSPS) is 15.0. The van der Waals surface area contributed by atoms with Gasteiger partial charge in [0.1, 0.15) is 5.82 Å². The van der Waals surface area contributed by atoms with E-state index >= 15 is 0 Å². The second-order valence-corrected chi connectivity index (χ2v) is 6.79. The van der Waals surface area contributed by atoms with Gasteiger partial charge in [0, 0.05) is 13.1 Å². The summed E-state index contributed by atoms with van der Waals surface area (Å²) in [5.41, 5.74) is 2.03. The van der Waals surface area contributed by atoms with Crippen molar-refractivity contribution in [2.24, 2.45) is 5.92 Å². The molecule has 1 amide bonds. The van der Waals surface area contributed by atoms with E-state index in [1.54, 1.807) is 24.3 Å². The van der Waals surface area contributed by atoms with Gasteiger partial charge in [-0.1, -0.05) is 30.3 Å². The highest BCUT2D eigenvalue weighted by Gasteiger charge is 2.24. The van der Waals surface area contributed by atoms with E-state index < -0.39 is 5.97 Å². The number of likely N-dealkylation sites (tertiary alicyclic amines) is 1. The second-order valence-electron chi connectivity index (χ2n) is 6.79. The molecule has 0 spiro atoms. The molecular formula is C21H22FNO3. The summed E-state index contributed by atoms with van der Waals surface area (Å²) >= 11 is 0. The number of carbonyl (C=O) groups is 2. The molecule has 0 radical (unpaired) electrons. The summed E-state index contributed by atoms with van der Waals surface area (Å²) in [6, 6.07) is 13.1. The van der Waals surface area contributed by atoms with Gasteiger partial charge in [-0.3, -0.25) is 4.79 Å². The molecule has 5 heteroatoms. The van der Waals surface area contributed by atoms with E-state index in [0.717, 1.165) is 30.4 Å². The van der Waals surface area contributed by atoms with Gasteiger partial charge in [0.2, 0.25) is 5.91 Å². The van der Waals surface area contributed by atoms with Crippen LogP contribution in [-0.2, 0) is 17.6 Å². The summed E-state index contributed by atoms with van der Waals surface area (Å²) in [6.07, 6.45) is 2.74. The van der Waals surface area contributed by atoms with Gasteiger partial charge in [0.25, 0.3) is 0 Å². The monoisotopic (exact) mass is 355 g/mol. The van der Waals surface area contributed by atoms with Crippen molar-refractivity contribution >= 4 is 11.9 Å². The number of halogens is 1. The van der Waals surface area contributed by atoms with Crippen LogP contribution >= 0.6 is 0 Å². The number of carboxylic acid groups (broad SMARTS) is 1. The molecule has 2 aromatic carbocycles. The molecule has 1 N–H and O–H groups in total. The third-order valence-electron chi connectivity index (χ3n) is 4.99. The largest absolute Gasteiger partial charge is 0.478 e. The van der Waals surface area contributed by atoms with Gasteiger partial charge in [0.15, 0.2) is 0 Å². The Kier molecular flexibility index (Phi) is 5.66. The molecule has 1 aliphatic heterocycles. The molecule has 26 heavy (non-hydrogen) atoms. The Hall–Kier alpha value is -2.69. The molecule has 0 atom stereocenters. The lowest BCUT2D eigenvalue weighted by Crippen LogP contribution is -2.39. The molecule has 1 saturated heterocycles. The van der Waals surface area contributed by atoms with E-state index in [1.165, 1.54) is 12.1 Å². The fourth-order valence-corrected chi connectivity index (χ4v) is 3.49. The van der Waals surface area contributed by atoms with Crippen LogP contribution < -0.4 is 0 Å². The average molecular weight is 355 g/mol. The number of hydrogen-bond acceptors (Lipinski definition) is 2. The zero-order chi connectivity index (χ0) is 18.5. The number of nitrogens with zero attached hydrogens (tertiary/aromatic N) is 1. The van der Waals surface area contributed by atoms with Crippen molar-refractivity contribution in [3.8, 4) is 0 Å². The van der Waals surface area contributed by atoms with Gasteiger partial charge in [-0.25, -0.2) is 9.18 Å². The molecule has 0 saturated carbocycles. The molecule has 0 unspecified atom stereocenters. The van der Waals surface area contributed by atoms with Crippen LogP contribution in [0, 0.1) is 11.7 Å². The number of carboxylic acids is 1. The quantitative estimate of drug-likeness (QED) is 0.892. The Labute approximate surface area is 152 Å². The van der Waals surface area contributed by atoms with Gasteiger partial charge >= 0.3 is 5.97 Å². The zero-order valence-electron chi connectivity index (χ0n) is 14.5. The van der Waals surface area contributed by atoms with Crippen LogP contribution in [0.5, 0.6) is 0 Å². The van der Waals surface area contributed by atoms with Gasteiger partial charge in [0.05, 0.1) is 12.0 Å². The highest BCUT2D eigenvalue weighted by Crippen LogP contribution is 2.24. The number of rotatable bonds is 5. The van der Waals surface area contributed by atoms with Crippen molar-refractivity contribution in [1.82, 2.24) is 4.90 Å². The van der Waals surface area contributed by atoms with Crippen molar-refractivity contribution < 1.29 is 19.1 Å². The maximum Gasteiger partial charge on any atom is 0.335 e. The lowest BCUT2D eigenvalue weighted by Gasteiger charge is -2.32. The van der Waals surface area contributed by atoms with E-state index in [-0.39, 0.29) is 18.1 Å². The van der Waals surface area contributed by atoms with Crippen LogP contribution in [-0.4, -0.2) is 35.0 Å². The van der Waals surface area contributed by atoms with Crippen LogP contribution in [0.2, 0.25) is 0 Å². The predicted octanol–water partition coefficient (Wildman–Crippen LogP) is 3.55. The Bertz CT molecular complexity index is 780. The van der Waals surface area contributed by atoms with Gasteiger partial charge in [-0.05, 0) is 54.5 Å². The molecule has 0 aliphatic carbocycles. The molecule has 2 aromatic rings. The standard InChI is InChI=1S/C21H22FNO3/c22-18-7-5-15(6-8-18)14-20(24)23-11-9-16(10-12-23)13-17-3-1-2-4-19(17)21(25)26/h1-8,16H,9-14H2,(H,25,26). The Balaban J connectivity index is 1.53. The third-order valence-corrected chi connectivity index (χ3v) is 4.99. The summed E-state index contributed by atoms with van der Waals surface area (Å²) in [7, 11) is 0. The first-order valence-electron chi connectivity index (χ1n) is 8.86. The van der Waals surface area contributed by atoms with E-state index in [0.29, 0.717) is 24.6 Å². The number of piperidine rings is 1. The first-order chi connectivity index (χ1) is 12.5. The van der Waals surface area contributed by atoms with Crippen LogP contribution in [0.1, 0.15) is 34.3 Å². The van der Waals surface area contributed by atoms with Crippen molar-refractivity contribution in [3.05, 3.63) is 71.0 Å². The Morgan fingerprint density at radius 1 is 1.04 bits per heavy atom. The molecule has 1 fully saturated rings. The summed E-state index contributed by atoms with van der Waals surface area (Å²) in [4.78, 5) is 25.6. The maximum absolute atomic E-state index is 12.9. The summed E-state index contributed by atoms with van der Waals surface area (Å²) in [5.74, 6) is -0.762. The van der Waals surface area contributed by atoms with Gasteiger partial charge < -0.3 is 10.0 Å². The molecule has 1 aliphatic rings. The molecule has 136 valence electrons. The van der Waals surface area contributed by atoms with Crippen molar-refractivity contribution in [3.63, 3.8) is 0 Å². The highest BCUT2D eigenvalue weighted by molar-refractivity contribution is 5.89. The molecule has 3 rings (SSSR count). The highest BCUT2D eigenvalue weighted by atomic mass is 19.1. The van der Waals surface area contributed by atoms with Crippen molar-refractivity contribution in [1.29, 1.82) is 0 Å². The lowest BCUT2D eigenvalue weighted by molar-refractivity contribution is -0.131. The predicted molar refractivity (Wildman–Crippen MR) is 96.5 cm³/mol. The number of amides is 1. The third kappa shape index (κ3) is 4.48. The summed E-state index contributed by atoms with van der Waals surface area (Å²) in [6.45, 7) is 1.36. The Morgan fingerprint density at radius 3 is 2.35 bits per heavy atom. The maximum atomic E-state index is 12.9. The van der Waals surface area contributed by atoms with Gasteiger partial charge in [-0.15, -0.1) is 0 Å². The fraction of sp³-hybridized carbons (Fsp3) is 0.333. The molecule has 0 aromatic heterocycles. The van der Waals surface area contributed by atoms with Crippen LogP contribution in [0.15, 0.2) is 48.5 Å². The lowest BCUT2D eigenvalue weighted by atomic mass is 9.88. The Morgan fingerprint density at radius 2 is 1.69 bits per heavy atom. The average Bonchev–Trinajstić information content (AvgIpc) is 2.64. The zero-order valence-corrected chi connectivity index (χ0v) is 14.5. The van der Waals surface area contributed by atoms with Crippen LogP contribution in [0.3, 0.4) is 0 Å². The van der Waals surface area contributed by atoms with Crippen LogP contribution in [0.4, 0.5) is 4.39 Å². The number of carbonyl (C=O) groups excluding carboxylic acids is 1. The topological polar surface area (TPSA) is 57.6 Å². The number of benzene rings is 2. The van der Waals surface area contributed by atoms with E-state index in [1.807, 2.05) is 17.0 Å². The van der Waals surface area contributed by atoms with E-state index in [9.17, 15) is 19.1 Å². The first-order valence-corrected chi connectivity index (χ1v) is 8.86. The first kappa shape index (κ1) is 18.1. The minimum atomic E-state index is -0.896. The SMILES string of the molecule is O=C(O)c1ccccc1CC1CCN(C(=O)Cc2ccc(F)cc2)CC1. The number of aromatic carboxylic acids is 1. The summed E-state index contributed by atoms with van der Waals surface area (Å²) < 4.78 is 12.9. The summed E-state index contributed by atoms with van der Waals surface area (Å²) in [5, 5.41) is 9.29. The van der Waals surface area contributed by atoms with E-state index in [4.69, 9.17) is 0 Å². The molecular weight excluding hydrogens is 333 g/mol. The van der Waals surface area contributed by atoms with Crippen LogP contribution in [0.25, 0.3) is 0 Å². The molecule has 4 nitrogen and oxygen atoms in total. The minimum Gasteiger partial charge on any atom is -0.478 e. The smallest absolute Gasteiger partial charge is 0.335 e. The van der Waals surface area contributed by atoms with Crippen molar-refractivity contribution in [2.45, 2.75) is 25.7 Å². The van der Waals surface area contributed by atoms with Crippen molar-refractivity contribution in [2.75, 3.05) is 13.1 Å².